The third-order valence-corrected chi connectivity index (χ3v) is 3.36. The Bertz CT molecular complexity index is 587. The first-order valence-corrected chi connectivity index (χ1v) is 6.27. The van der Waals surface area contributed by atoms with Gasteiger partial charge < -0.3 is 4.74 Å². The number of carbonyl (C=O) groups excluding carboxylic acids is 2. The van der Waals surface area contributed by atoms with Gasteiger partial charge in [0, 0.05) is 11.6 Å². The van der Waals surface area contributed by atoms with Gasteiger partial charge in [-0.3, -0.25) is 9.59 Å². The number of benzene rings is 1. The van der Waals surface area contributed by atoms with E-state index in [4.69, 9.17) is 4.74 Å². The average molecular weight is 280 g/mol. The second kappa shape index (κ2) is 5.15. The van der Waals surface area contributed by atoms with E-state index in [1.807, 2.05) is 0 Å². The Labute approximate surface area is 115 Å². The van der Waals surface area contributed by atoms with Crippen molar-refractivity contribution in [2.24, 2.45) is 5.41 Å². The Balaban J connectivity index is 2.33. The van der Waals surface area contributed by atoms with Crippen LogP contribution in [0.2, 0.25) is 0 Å². The molecule has 0 bridgehead atoms. The lowest BCUT2D eigenvalue weighted by molar-refractivity contribution is -0.156. The molecule has 1 aromatic rings. The molecule has 0 heterocycles. The molecule has 106 valence electrons. The van der Waals surface area contributed by atoms with Crippen molar-refractivity contribution in [2.45, 2.75) is 20.3 Å². The number of ether oxygens (including phenoxy) is 1. The first kappa shape index (κ1) is 14.4. The van der Waals surface area contributed by atoms with Gasteiger partial charge in [0.15, 0.2) is 5.78 Å². The molecule has 0 aromatic heterocycles. The second-order valence-electron chi connectivity index (χ2n) is 4.86. The van der Waals surface area contributed by atoms with Crippen LogP contribution in [0.15, 0.2) is 24.3 Å². The largest absolute Gasteiger partial charge is 0.465 e. The van der Waals surface area contributed by atoms with Gasteiger partial charge in [0.05, 0.1) is 6.61 Å². The molecular formula is C15H14F2O3. The first-order chi connectivity index (χ1) is 9.38. The maximum atomic E-state index is 13.2. The fraction of sp³-hybridized carbons (Fsp3) is 0.333. The van der Waals surface area contributed by atoms with E-state index in [1.165, 1.54) is 13.0 Å². The number of ketones is 1. The maximum absolute atomic E-state index is 13.2. The van der Waals surface area contributed by atoms with E-state index in [0.717, 1.165) is 18.2 Å². The molecule has 0 N–H and O–H groups in total. The standard InChI is InChI=1S/C15H14F2O3/c1-3-20-14(19)15(2)5-4-12(13(15)18)9-6-10(16)8-11(17)7-9/h4,6-8H,3,5H2,1-2H3. The minimum atomic E-state index is -1.31. The van der Waals surface area contributed by atoms with Crippen LogP contribution in [0.5, 0.6) is 0 Å². The molecule has 1 aliphatic carbocycles. The van der Waals surface area contributed by atoms with E-state index < -0.39 is 28.8 Å². The van der Waals surface area contributed by atoms with Gasteiger partial charge in [-0.2, -0.15) is 0 Å². The minimum absolute atomic E-state index is 0.139. The van der Waals surface area contributed by atoms with Crippen molar-refractivity contribution < 1.29 is 23.1 Å². The van der Waals surface area contributed by atoms with Crippen LogP contribution in [0, 0.1) is 17.0 Å². The van der Waals surface area contributed by atoms with Crippen molar-refractivity contribution in [3.8, 4) is 0 Å². The maximum Gasteiger partial charge on any atom is 0.320 e. The van der Waals surface area contributed by atoms with Gasteiger partial charge in [-0.15, -0.1) is 0 Å². The number of Topliss-reactive ketones (excluding diaryl/α,β-unsaturated/α-hetero) is 1. The predicted molar refractivity (Wildman–Crippen MR) is 68.7 cm³/mol. The quantitative estimate of drug-likeness (QED) is 0.631. The lowest BCUT2D eigenvalue weighted by Gasteiger charge is -2.20. The molecule has 2 rings (SSSR count). The average Bonchev–Trinajstić information content (AvgIpc) is 2.66. The highest BCUT2D eigenvalue weighted by Crippen LogP contribution is 2.39. The Morgan fingerprint density at radius 1 is 1.30 bits per heavy atom. The molecule has 0 amide bonds. The molecule has 1 unspecified atom stereocenters. The Hall–Kier alpha value is -2.04. The van der Waals surface area contributed by atoms with Crippen molar-refractivity contribution in [1.29, 1.82) is 0 Å². The number of allylic oxidation sites excluding steroid dienone is 2. The van der Waals surface area contributed by atoms with Crippen LogP contribution in [0.3, 0.4) is 0 Å². The molecule has 5 heteroatoms. The highest BCUT2D eigenvalue weighted by molar-refractivity contribution is 6.30. The van der Waals surface area contributed by atoms with Crippen molar-refractivity contribution in [3.05, 3.63) is 41.5 Å². The summed E-state index contributed by atoms with van der Waals surface area (Å²) in [5, 5.41) is 0. The summed E-state index contributed by atoms with van der Waals surface area (Å²) in [6.45, 7) is 3.30. The van der Waals surface area contributed by atoms with E-state index >= 15 is 0 Å². The zero-order chi connectivity index (χ0) is 14.9. The molecule has 1 aliphatic rings. The smallest absolute Gasteiger partial charge is 0.320 e. The van der Waals surface area contributed by atoms with E-state index in [-0.39, 0.29) is 24.2 Å². The Kier molecular flexibility index (Phi) is 3.70. The molecule has 0 fully saturated rings. The van der Waals surface area contributed by atoms with E-state index in [9.17, 15) is 18.4 Å². The number of halogens is 2. The zero-order valence-corrected chi connectivity index (χ0v) is 11.2. The van der Waals surface area contributed by atoms with E-state index in [1.54, 1.807) is 6.92 Å². The minimum Gasteiger partial charge on any atom is -0.465 e. The molecular weight excluding hydrogens is 266 g/mol. The van der Waals surface area contributed by atoms with Crippen LogP contribution in [-0.4, -0.2) is 18.4 Å². The van der Waals surface area contributed by atoms with E-state index in [2.05, 4.69) is 0 Å². The molecule has 1 atom stereocenters. The lowest BCUT2D eigenvalue weighted by Crippen LogP contribution is -2.35. The Morgan fingerprint density at radius 2 is 1.90 bits per heavy atom. The van der Waals surface area contributed by atoms with Crippen LogP contribution in [-0.2, 0) is 14.3 Å². The number of carbonyl (C=O) groups is 2. The summed E-state index contributed by atoms with van der Waals surface area (Å²) in [6, 6.07) is 2.88. The van der Waals surface area contributed by atoms with Crippen LogP contribution < -0.4 is 0 Å². The van der Waals surface area contributed by atoms with Gasteiger partial charge in [-0.25, -0.2) is 8.78 Å². The SMILES string of the molecule is CCOC(=O)C1(C)CC=C(c2cc(F)cc(F)c2)C1=O. The number of hydrogen-bond donors (Lipinski definition) is 0. The molecule has 0 aliphatic heterocycles. The molecule has 0 saturated carbocycles. The highest BCUT2D eigenvalue weighted by atomic mass is 19.1. The van der Waals surface area contributed by atoms with Crippen molar-refractivity contribution >= 4 is 17.3 Å². The van der Waals surface area contributed by atoms with Crippen LogP contribution >= 0.6 is 0 Å². The normalized spacial score (nSPS) is 21.8. The van der Waals surface area contributed by atoms with Crippen molar-refractivity contribution in [2.75, 3.05) is 6.61 Å². The molecule has 0 spiro atoms. The van der Waals surface area contributed by atoms with Gasteiger partial charge in [0.1, 0.15) is 17.0 Å². The molecule has 20 heavy (non-hydrogen) atoms. The van der Waals surface area contributed by atoms with Crippen molar-refractivity contribution in [1.82, 2.24) is 0 Å². The summed E-state index contributed by atoms with van der Waals surface area (Å²) in [6.07, 6.45) is 1.69. The second-order valence-corrected chi connectivity index (χ2v) is 4.86. The lowest BCUT2D eigenvalue weighted by atomic mass is 9.84. The fourth-order valence-electron chi connectivity index (χ4n) is 2.21. The number of esters is 1. The van der Waals surface area contributed by atoms with Gasteiger partial charge in [0.25, 0.3) is 0 Å². The van der Waals surface area contributed by atoms with Crippen molar-refractivity contribution in [3.63, 3.8) is 0 Å². The zero-order valence-electron chi connectivity index (χ0n) is 11.2. The summed E-state index contributed by atoms with van der Waals surface area (Å²) in [5.74, 6) is -2.62. The van der Waals surface area contributed by atoms with Crippen LogP contribution in [0.4, 0.5) is 8.78 Å². The summed E-state index contributed by atoms with van der Waals surface area (Å²) in [5.41, 5.74) is -1.02. The molecule has 0 radical (unpaired) electrons. The summed E-state index contributed by atoms with van der Waals surface area (Å²) < 4.78 is 31.3. The van der Waals surface area contributed by atoms with Gasteiger partial charge >= 0.3 is 5.97 Å². The predicted octanol–water partition coefficient (Wildman–Crippen LogP) is 2.89. The van der Waals surface area contributed by atoms with Gasteiger partial charge in [-0.1, -0.05) is 6.08 Å². The first-order valence-electron chi connectivity index (χ1n) is 6.27. The van der Waals surface area contributed by atoms with Gasteiger partial charge in [-0.05, 0) is 38.0 Å². The third-order valence-electron chi connectivity index (χ3n) is 3.36. The highest BCUT2D eigenvalue weighted by Gasteiger charge is 2.47. The number of rotatable bonds is 3. The molecule has 3 nitrogen and oxygen atoms in total. The van der Waals surface area contributed by atoms with Crippen LogP contribution in [0.25, 0.3) is 5.57 Å². The third kappa shape index (κ3) is 2.35. The van der Waals surface area contributed by atoms with Crippen LogP contribution in [0.1, 0.15) is 25.8 Å². The topological polar surface area (TPSA) is 43.4 Å². The van der Waals surface area contributed by atoms with Gasteiger partial charge in [0.2, 0.25) is 0 Å². The summed E-state index contributed by atoms with van der Waals surface area (Å²) >= 11 is 0. The molecule has 1 aromatic carbocycles. The monoisotopic (exact) mass is 280 g/mol. The summed E-state index contributed by atoms with van der Waals surface area (Å²) in [4.78, 5) is 24.2. The molecule has 0 saturated heterocycles. The Morgan fingerprint density at radius 3 is 2.45 bits per heavy atom. The summed E-state index contributed by atoms with van der Waals surface area (Å²) in [7, 11) is 0. The van der Waals surface area contributed by atoms with E-state index in [0.29, 0.717) is 0 Å². The number of hydrogen-bond acceptors (Lipinski definition) is 3. The fourth-order valence-corrected chi connectivity index (χ4v) is 2.21.